The first kappa shape index (κ1) is 17.8. The van der Waals surface area contributed by atoms with E-state index in [0.29, 0.717) is 5.41 Å². The van der Waals surface area contributed by atoms with Gasteiger partial charge >= 0.3 is 0 Å². The minimum Gasteiger partial charge on any atom is -0.483 e. The number of likely N-dealkylation sites (tertiary alicyclic amines) is 1. The van der Waals surface area contributed by atoms with Gasteiger partial charge in [0, 0.05) is 24.2 Å². The maximum atomic E-state index is 6.27. The summed E-state index contributed by atoms with van der Waals surface area (Å²) in [5.41, 5.74) is 2.92. The number of piperidine rings is 1. The van der Waals surface area contributed by atoms with Crippen molar-refractivity contribution in [2.24, 2.45) is 5.41 Å². The molecule has 3 heterocycles. The van der Waals surface area contributed by atoms with Gasteiger partial charge in [0.05, 0.1) is 0 Å². The Morgan fingerprint density at radius 1 is 1.17 bits per heavy atom. The number of rotatable bonds is 2. The van der Waals surface area contributed by atoms with E-state index in [4.69, 9.17) is 4.74 Å². The van der Waals surface area contributed by atoms with Crippen LogP contribution in [0.3, 0.4) is 0 Å². The van der Waals surface area contributed by atoms with Crippen molar-refractivity contribution in [3.63, 3.8) is 0 Å². The Morgan fingerprint density at radius 2 is 1.96 bits per heavy atom. The van der Waals surface area contributed by atoms with E-state index < -0.39 is 0 Å². The summed E-state index contributed by atoms with van der Waals surface area (Å²) in [7, 11) is 0. The van der Waals surface area contributed by atoms with Crippen molar-refractivity contribution in [1.29, 1.82) is 0 Å². The van der Waals surface area contributed by atoms with Crippen LogP contribution < -0.4 is 10.1 Å². The maximum absolute atomic E-state index is 6.27. The normalized spacial score (nSPS) is 24.2. The lowest BCUT2D eigenvalue weighted by molar-refractivity contribution is 0.153. The lowest BCUT2D eigenvalue weighted by Gasteiger charge is -2.34. The summed E-state index contributed by atoms with van der Waals surface area (Å²) in [6, 6.07) is 6.56. The van der Waals surface area contributed by atoms with Crippen molar-refractivity contribution in [2.75, 3.05) is 26.2 Å². The number of hydrogen-bond donors (Lipinski definition) is 1. The highest BCUT2D eigenvalue weighted by Crippen LogP contribution is 2.40. The van der Waals surface area contributed by atoms with Crippen molar-refractivity contribution < 1.29 is 4.74 Å². The first-order valence-electron chi connectivity index (χ1n) is 8.99. The van der Waals surface area contributed by atoms with Crippen LogP contribution in [-0.2, 0) is 6.54 Å². The molecule has 0 amide bonds. The quantitative estimate of drug-likeness (QED) is 0.878. The molecule has 1 aromatic carbocycles. The second-order valence-electron chi connectivity index (χ2n) is 8.08. The number of hydrogen-bond acceptors (Lipinski definition) is 3. The molecule has 132 valence electrons. The highest BCUT2D eigenvalue weighted by molar-refractivity contribution is 5.85. The summed E-state index contributed by atoms with van der Waals surface area (Å²) in [5.74, 6) is 1.09. The molecule has 0 aliphatic carbocycles. The van der Waals surface area contributed by atoms with Gasteiger partial charge in [-0.25, -0.2) is 0 Å². The highest BCUT2D eigenvalue weighted by atomic mass is 35.5. The predicted octanol–water partition coefficient (Wildman–Crippen LogP) is 3.87. The molecule has 0 saturated carbocycles. The third-order valence-electron chi connectivity index (χ3n) is 5.73. The smallest absolute Gasteiger partial charge is 0.132 e. The van der Waals surface area contributed by atoms with E-state index in [1.165, 1.54) is 56.6 Å². The number of para-hydroxylation sites is 1. The van der Waals surface area contributed by atoms with Gasteiger partial charge in [-0.2, -0.15) is 0 Å². The zero-order valence-electron chi connectivity index (χ0n) is 14.8. The first-order valence-corrected chi connectivity index (χ1v) is 8.99. The van der Waals surface area contributed by atoms with E-state index in [2.05, 4.69) is 54.4 Å². The number of nitrogens with zero attached hydrogens (tertiary/aromatic N) is 1. The van der Waals surface area contributed by atoms with Crippen LogP contribution in [0.15, 0.2) is 24.3 Å². The Labute approximate surface area is 151 Å². The summed E-state index contributed by atoms with van der Waals surface area (Å²) in [6.07, 6.45) is 8.39. The van der Waals surface area contributed by atoms with Crippen LogP contribution >= 0.6 is 12.4 Å². The van der Waals surface area contributed by atoms with E-state index in [0.717, 1.165) is 12.3 Å². The number of ether oxygens (including phenoxy) is 1. The summed E-state index contributed by atoms with van der Waals surface area (Å²) in [4.78, 5) is 2.63. The standard InChI is InChI=1S/C20H28N2O.ClH/c1-19(2)7-6-16-4-3-5-17(18(16)23-19)14-22-13-10-20(15-22)8-11-21-12-9-20;/h3-7,21H,8-15H2,1-2H3;1H. The second kappa shape index (κ2) is 6.70. The van der Waals surface area contributed by atoms with Crippen LogP contribution in [-0.4, -0.2) is 36.7 Å². The first-order chi connectivity index (χ1) is 11.1. The molecule has 1 aromatic rings. The van der Waals surface area contributed by atoms with E-state index in [1.54, 1.807) is 0 Å². The van der Waals surface area contributed by atoms with Crippen LogP contribution in [0, 0.1) is 5.41 Å². The second-order valence-corrected chi connectivity index (χ2v) is 8.08. The zero-order valence-corrected chi connectivity index (χ0v) is 15.6. The SMILES string of the molecule is CC1(C)C=Cc2cccc(CN3CCC4(CCNCC4)C3)c2O1.Cl. The third-order valence-corrected chi connectivity index (χ3v) is 5.73. The predicted molar refractivity (Wildman–Crippen MR) is 102 cm³/mol. The van der Waals surface area contributed by atoms with Gasteiger partial charge in [-0.05, 0) is 64.2 Å². The van der Waals surface area contributed by atoms with Crippen LogP contribution in [0.2, 0.25) is 0 Å². The Balaban J connectivity index is 0.00000169. The molecule has 24 heavy (non-hydrogen) atoms. The van der Waals surface area contributed by atoms with Gasteiger partial charge in [0.1, 0.15) is 11.4 Å². The largest absolute Gasteiger partial charge is 0.483 e. The highest BCUT2D eigenvalue weighted by Gasteiger charge is 2.39. The third kappa shape index (κ3) is 3.49. The molecular weight excluding hydrogens is 320 g/mol. The molecule has 0 bridgehead atoms. The summed E-state index contributed by atoms with van der Waals surface area (Å²) < 4.78 is 6.27. The molecule has 4 heteroatoms. The van der Waals surface area contributed by atoms with Crippen molar-refractivity contribution in [1.82, 2.24) is 10.2 Å². The van der Waals surface area contributed by atoms with Crippen molar-refractivity contribution in [3.05, 3.63) is 35.4 Å². The van der Waals surface area contributed by atoms with Crippen LogP contribution in [0.1, 0.15) is 44.2 Å². The minimum atomic E-state index is -0.204. The van der Waals surface area contributed by atoms with Gasteiger partial charge in [-0.15, -0.1) is 12.4 Å². The van der Waals surface area contributed by atoms with Crippen molar-refractivity contribution in [3.8, 4) is 5.75 Å². The molecule has 0 aromatic heterocycles. The van der Waals surface area contributed by atoms with Crippen molar-refractivity contribution >= 4 is 18.5 Å². The summed E-state index contributed by atoms with van der Waals surface area (Å²) >= 11 is 0. The Kier molecular flexibility index (Phi) is 4.96. The van der Waals surface area contributed by atoms with Crippen LogP contribution in [0.5, 0.6) is 5.75 Å². The Hall–Kier alpha value is -1.03. The van der Waals surface area contributed by atoms with Crippen LogP contribution in [0.25, 0.3) is 6.08 Å². The van der Waals surface area contributed by atoms with Gasteiger partial charge in [0.15, 0.2) is 0 Å². The number of benzene rings is 1. The van der Waals surface area contributed by atoms with Gasteiger partial charge in [-0.3, -0.25) is 4.90 Å². The number of nitrogens with one attached hydrogen (secondary N) is 1. The topological polar surface area (TPSA) is 24.5 Å². The molecule has 0 atom stereocenters. The fourth-order valence-electron chi connectivity index (χ4n) is 4.34. The van der Waals surface area contributed by atoms with Gasteiger partial charge in [0.2, 0.25) is 0 Å². The average Bonchev–Trinajstić information content (AvgIpc) is 2.90. The lowest BCUT2D eigenvalue weighted by Crippen LogP contribution is -2.38. The van der Waals surface area contributed by atoms with E-state index in [9.17, 15) is 0 Å². The molecule has 2 saturated heterocycles. The fraction of sp³-hybridized carbons (Fsp3) is 0.600. The van der Waals surface area contributed by atoms with Gasteiger partial charge in [-0.1, -0.05) is 24.3 Å². The summed E-state index contributed by atoms with van der Waals surface area (Å²) in [5, 5.41) is 3.50. The van der Waals surface area contributed by atoms with Crippen LogP contribution in [0.4, 0.5) is 0 Å². The molecule has 0 unspecified atom stereocenters. The van der Waals surface area contributed by atoms with Gasteiger partial charge in [0.25, 0.3) is 0 Å². The minimum absolute atomic E-state index is 0. The Morgan fingerprint density at radius 3 is 2.75 bits per heavy atom. The molecule has 3 aliphatic heterocycles. The Bertz CT molecular complexity index is 620. The molecule has 4 rings (SSSR count). The monoisotopic (exact) mass is 348 g/mol. The average molecular weight is 349 g/mol. The van der Waals surface area contributed by atoms with Gasteiger partial charge < -0.3 is 10.1 Å². The van der Waals surface area contributed by atoms with E-state index in [-0.39, 0.29) is 18.0 Å². The maximum Gasteiger partial charge on any atom is 0.132 e. The molecule has 3 nitrogen and oxygen atoms in total. The zero-order chi connectivity index (χ0) is 15.9. The lowest BCUT2D eigenvalue weighted by atomic mass is 9.78. The molecule has 1 spiro atoms. The molecule has 2 fully saturated rings. The number of halogens is 1. The molecule has 3 aliphatic rings. The van der Waals surface area contributed by atoms with E-state index >= 15 is 0 Å². The van der Waals surface area contributed by atoms with E-state index in [1.807, 2.05) is 0 Å². The molecule has 1 N–H and O–H groups in total. The fourth-order valence-corrected chi connectivity index (χ4v) is 4.34. The molecule has 0 radical (unpaired) electrons. The molecular formula is C20H29ClN2O. The van der Waals surface area contributed by atoms with Crippen molar-refractivity contribution in [2.45, 2.75) is 45.3 Å². The summed E-state index contributed by atoms with van der Waals surface area (Å²) in [6.45, 7) is 10.1. The number of fused-ring (bicyclic) bond motifs is 1.